The largest absolute Gasteiger partial charge is 0.492 e. The van der Waals surface area contributed by atoms with E-state index in [2.05, 4.69) is 27.6 Å². The number of nitrogens with zero attached hydrogens (tertiary/aromatic N) is 1. The molecule has 1 aliphatic heterocycles. The molecule has 7 heteroatoms. The van der Waals surface area contributed by atoms with Crippen molar-refractivity contribution in [2.75, 3.05) is 13.7 Å². The van der Waals surface area contributed by atoms with Gasteiger partial charge in [-0.05, 0) is 77.6 Å². The van der Waals surface area contributed by atoms with Crippen LogP contribution in [0.15, 0.2) is 47.1 Å². The Morgan fingerprint density at radius 2 is 2.00 bits per heavy atom. The Morgan fingerprint density at radius 1 is 1.27 bits per heavy atom. The lowest BCUT2D eigenvalue weighted by molar-refractivity contribution is -0.129. The van der Waals surface area contributed by atoms with Crippen LogP contribution >= 0.6 is 34.2 Å². The highest BCUT2D eigenvalue weighted by molar-refractivity contribution is 14.1. The topological polar surface area (TPSA) is 57.1 Å². The van der Waals surface area contributed by atoms with Crippen molar-refractivity contribution in [2.45, 2.75) is 6.92 Å². The van der Waals surface area contributed by atoms with Gasteiger partial charge in [-0.25, -0.2) is 9.79 Å². The molecule has 0 spiro atoms. The molecular formula is C19H15ClINO4. The van der Waals surface area contributed by atoms with E-state index in [1.165, 1.54) is 0 Å². The van der Waals surface area contributed by atoms with Gasteiger partial charge in [-0.3, -0.25) is 0 Å². The molecule has 2 aromatic carbocycles. The van der Waals surface area contributed by atoms with Gasteiger partial charge in [0.2, 0.25) is 5.90 Å². The van der Waals surface area contributed by atoms with E-state index in [4.69, 9.17) is 25.8 Å². The highest BCUT2D eigenvalue weighted by Crippen LogP contribution is 2.35. The fourth-order valence-electron chi connectivity index (χ4n) is 2.42. The molecule has 0 fully saturated rings. The second kappa shape index (κ2) is 8.09. The van der Waals surface area contributed by atoms with E-state index in [0.717, 1.165) is 9.13 Å². The maximum absolute atomic E-state index is 12.2. The van der Waals surface area contributed by atoms with Crippen molar-refractivity contribution in [1.29, 1.82) is 0 Å². The average molecular weight is 484 g/mol. The highest BCUT2D eigenvalue weighted by atomic mass is 127. The van der Waals surface area contributed by atoms with Crippen LogP contribution in [0.25, 0.3) is 6.08 Å². The molecular weight excluding hydrogens is 469 g/mol. The van der Waals surface area contributed by atoms with Gasteiger partial charge in [-0.15, -0.1) is 0 Å². The number of carbonyl (C=O) groups is 1. The molecule has 0 N–H and O–H groups in total. The predicted molar refractivity (Wildman–Crippen MR) is 109 cm³/mol. The molecule has 3 rings (SSSR count). The first-order valence-corrected chi connectivity index (χ1v) is 9.26. The first kappa shape index (κ1) is 18.7. The Hall–Kier alpha value is -2.06. The summed E-state index contributed by atoms with van der Waals surface area (Å²) in [6.07, 6.45) is 1.66. The highest BCUT2D eigenvalue weighted by Gasteiger charge is 2.24. The molecule has 0 radical (unpaired) electrons. The number of cyclic esters (lactones) is 1. The molecule has 0 amide bonds. The molecule has 0 aromatic heterocycles. The fraction of sp³-hybridized carbons (Fsp3) is 0.158. The van der Waals surface area contributed by atoms with Crippen LogP contribution in [0.3, 0.4) is 0 Å². The SMILES string of the molecule is CCOc1cc(C=C2N=C(c3ccc(Cl)cc3)OC2=O)cc(I)c1OC. The van der Waals surface area contributed by atoms with E-state index in [1.807, 2.05) is 13.0 Å². The molecule has 0 bridgehead atoms. The van der Waals surface area contributed by atoms with E-state index < -0.39 is 5.97 Å². The smallest absolute Gasteiger partial charge is 0.363 e. The number of rotatable bonds is 5. The number of ether oxygens (including phenoxy) is 3. The van der Waals surface area contributed by atoms with E-state index >= 15 is 0 Å². The van der Waals surface area contributed by atoms with E-state index in [1.54, 1.807) is 43.5 Å². The standard InChI is InChI=1S/C19H15ClINO4/c1-3-25-16-10-11(8-14(21)17(16)24-2)9-15-19(23)26-18(22-15)12-4-6-13(20)7-5-12/h4-10H,3H2,1-2H3. The third kappa shape index (κ3) is 4.02. The second-order valence-electron chi connectivity index (χ2n) is 5.31. The summed E-state index contributed by atoms with van der Waals surface area (Å²) in [4.78, 5) is 16.5. The van der Waals surface area contributed by atoms with Crippen molar-refractivity contribution in [3.63, 3.8) is 0 Å². The van der Waals surface area contributed by atoms with Gasteiger partial charge < -0.3 is 14.2 Å². The van der Waals surface area contributed by atoms with Gasteiger partial charge in [-0.1, -0.05) is 11.6 Å². The quantitative estimate of drug-likeness (QED) is 0.352. The summed E-state index contributed by atoms with van der Waals surface area (Å²) in [5.74, 6) is 1.03. The average Bonchev–Trinajstić information content (AvgIpc) is 2.96. The number of aliphatic imine (C=N–C) groups is 1. The maximum atomic E-state index is 12.2. The molecule has 1 heterocycles. The maximum Gasteiger partial charge on any atom is 0.363 e. The van der Waals surface area contributed by atoms with Crippen molar-refractivity contribution in [2.24, 2.45) is 4.99 Å². The zero-order chi connectivity index (χ0) is 18.7. The Bertz CT molecular complexity index is 907. The normalized spacial score (nSPS) is 15.0. The molecule has 0 saturated heterocycles. The molecule has 26 heavy (non-hydrogen) atoms. The monoisotopic (exact) mass is 483 g/mol. The Balaban J connectivity index is 1.96. The van der Waals surface area contributed by atoms with Crippen LogP contribution in [-0.2, 0) is 9.53 Å². The van der Waals surface area contributed by atoms with Crippen LogP contribution < -0.4 is 9.47 Å². The molecule has 134 valence electrons. The molecule has 5 nitrogen and oxygen atoms in total. The number of esters is 1. The minimum Gasteiger partial charge on any atom is -0.492 e. The molecule has 0 saturated carbocycles. The summed E-state index contributed by atoms with van der Waals surface area (Å²) in [5.41, 5.74) is 1.68. The zero-order valence-electron chi connectivity index (χ0n) is 14.1. The minimum absolute atomic E-state index is 0.221. The zero-order valence-corrected chi connectivity index (χ0v) is 17.0. The number of halogens is 2. The fourth-order valence-corrected chi connectivity index (χ4v) is 3.39. The van der Waals surface area contributed by atoms with Crippen molar-refractivity contribution < 1.29 is 19.0 Å². The lowest BCUT2D eigenvalue weighted by atomic mass is 10.1. The molecule has 0 unspecified atom stereocenters. The second-order valence-corrected chi connectivity index (χ2v) is 6.91. The van der Waals surface area contributed by atoms with Gasteiger partial charge in [-0.2, -0.15) is 0 Å². The van der Waals surface area contributed by atoms with Gasteiger partial charge in [0.15, 0.2) is 17.2 Å². The van der Waals surface area contributed by atoms with Gasteiger partial charge in [0.1, 0.15) is 0 Å². The Morgan fingerprint density at radius 3 is 2.65 bits per heavy atom. The van der Waals surface area contributed by atoms with Crippen molar-refractivity contribution >= 4 is 52.1 Å². The first-order valence-electron chi connectivity index (χ1n) is 7.80. The van der Waals surface area contributed by atoms with E-state index in [-0.39, 0.29) is 11.6 Å². The van der Waals surface area contributed by atoms with Crippen LogP contribution in [0.5, 0.6) is 11.5 Å². The van der Waals surface area contributed by atoms with Crippen LogP contribution in [0, 0.1) is 3.57 Å². The van der Waals surface area contributed by atoms with Crippen LogP contribution in [-0.4, -0.2) is 25.6 Å². The van der Waals surface area contributed by atoms with Crippen molar-refractivity contribution in [1.82, 2.24) is 0 Å². The van der Waals surface area contributed by atoms with Crippen molar-refractivity contribution in [3.05, 3.63) is 61.8 Å². The van der Waals surface area contributed by atoms with Crippen LogP contribution in [0.2, 0.25) is 5.02 Å². The van der Waals surface area contributed by atoms with E-state index in [9.17, 15) is 4.79 Å². The summed E-state index contributed by atoms with van der Waals surface area (Å²) in [6.45, 7) is 2.40. The first-order chi connectivity index (χ1) is 12.5. The lowest BCUT2D eigenvalue weighted by Crippen LogP contribution is -2.05. The predicted octanol–water partition coefficient (Wildman–Crippen LogP) is 4.70. The number of benzene rings is 2. The number of carbonyl (C=O) groups excluding carboxylic acids is 1. The summed E-state index contributed by atoms with van der Waals surface area (Å²) < 4.78 is 17.1. The molecule has 0 aliphatic carbocycles. The molecule has 0 atom stereocenters. The Labute approximate surface area is 169 Å². The van der Waals surface area contributed by atoms with Gasteiger partial charge in [0.25, 0.3) is 0 Å². The van der Waals surface area contributed by atoms with Gasteiger partial charge >= 0.3 is 5.97 Å². The van der Waals surface area contributed by atoms with Crippen LogP contribution in [0.1, 0.15) is 18.1 Å². The summed E-state index contributed by atoms with van der Waals surface area (Å²) in [7, 11) is 1.59. The lowest BCUT2D eigenvalue weighted by Gasteiger charge is -2.12. The Kier molecular flexibility index (Phi) is 5.83. The van der Waals surface area contributed by atoms with Gasteiger partial charge in [0.05, 0.1) is 17.3 Å². The summed E-state index contributed by atoms with van der Waals surface area (Å²) >= 11 is 8.04. The summed E-state index contributed by atoms with van der Waals surface area (Å²) in [5, 5.41) is 0.603. The van der Waals surface area contributed by atoms with Crippen molar-refractivity contribution in [3.8, 4) is 11.5 Å². The van der Waals surface area contributed by atoms with E-state index in [0.29, 0.717) is 28.7 Å². The van der Waals surface area contributed by atoms with Gasteiger partial charge in [0, 0.05) is 10.6 Å². The number of hydrogen-bond acceptors (Lipinski definition) is 5. The third-order valence-corrected chi connectivity index (χ3v) is 4.60. The number of methoxy groups -OCH3 is 1. The third-order valence-electron chi connectivity index (χ3n) is 3.55. The van der Waals surface area contributed by atoms with Crippen LogP contribution in [0.4, 0.5) is 0 Å². The molecule has 1 aliphatic rings. The minimum atomic E-state index is -0.501. The number of hydrogen-bond donors (Lipinski definition) is 0. The molecule has 2 aromatic rings. The summed E-state index contributed by atoms with van der Waals surface area (Å²) in [6, 6.07) is 10.6.